The summed E-state index contributed by atoms with van der Waals surface area (Å²) in [6, 6.07) is 0. The summed E-state index contributed by atoms with van der Waals surface area (Å²) in [5, 5.41) is 0. The number of esters is 1. The van der Waals surface area contributed by atoms with Gasteiger partial charge in [-0.05, 0) is 20.3 Å². The van der Waals surface area contributed by atoms with Crippen LogP contribution in [0.4, 0.5) is 0 Å². The molecule has 1 heterocycles. The zero-order chi connectivity index (χ0) is 12.0. The van der Waals surface area contributed by atoms with Crippen LogP contribution in [0.25, 0.3) is 0 Å². The highest BCUT2D eigenvalue weighted by atomic mass is 16.7. The van der Waals surface area contributed by atoms with Crippen molar-refractivity contribution in [1.29, 1.82) is 0 Å². The second-order valence-electron chi connectivity index (χ2n) is 4.59. The van der Waals surface area contributed by atoms with Gasteiger partial charge in [0.1, 0.15) is 12.7 Å². The van der Waals surface area contributed by atoms with Crippen molar-refractivity contribution in [1.82, 2.24) is 0 Å². The second kappa shape index (κ2) is 6.21. The minimum atomic E-state index is -0.542. The summed E-state index contributed by atoms with van der Waals surface area (Å²) < 4.78 is 16.0. The van der Waals surface area contributed by atoms with Gasteiger partial charge in [-0.3, -0.25) is 4.79 Å². The molecule has 0 aliphatic carbocycles. The summed E-state index contributed by atoms with van der Waals surface area (Å²) in [6.07, 6.45) is 3.48. The highest BCUT2D eigenvalue weighted by Crippen LogP contribution is 2.22. The van der Waals surface area contributed by atoms with Crippen LogP contribution in [0, 0.1) is 0 Å². The lowest BCUT2D eigenvalue weighted by molar-refractivity contribution is -0.158. The molecule has 1 unspecified atom stereocenters. The molecule has 0 spiro atoms. The third-order valence-corrected chi connectivity index (χ3v) is 2.48. The smallest absolute Gasteiger partial charge is 0.305 e. The molecule has 1 aliphatic heterocycles. The molecule has 0 radical (unpaired) electrons. The Morgan fingerprint density at radius 2 is 2.19 bits per heavy atom. The molecule has 0 aromatic carbocycles. The van der Waals surface area contributed by atoms with Gasteiger partial charge in [0.05, 0.1) is 6.61 Å². The van der Waals surface area contributed by atoms with Gasteiger partial charge < -0.3 is 14.2 Å². The molecule has 0 aromatic heterocycles. The molecule has 0 saturated carbocycles. The summed E-state index contributed by atoms with van der Waals surface area (Å²) in [7, 11) is 0. The summed E-state index contributed by atoms with van der Waals surface area (Å²) in [4.78, 5) is 11.3. The average molecular weight is 230 g/mol. The highest BCUT2D eigenvalue weighted by molar-refractivity contribution is 5.69. The quantitative estimate of drug-likeness (QED) is 0.518. The fourth-order valence-corrected chi connectivity index (χ4v) is 1.62. The monoisotopic (exact) mass is 230 g/mol. The molecule has 1 aliphatic rings. The first-order valence-electron chi connectivity index (χ1n) is 6.01. The number of carbonyl (C=O) groups excluding carboxylic acids is 1. The molecule has 0 aromatic rings. The Kier molecular flexibility index (Phi) is 5.22. The summed E-state index contributed by atoms with van der Waals surface area (Å²) in [5.41, 5.74) is 0. The molecule has 4 nitrogen and oxygen atoms in total. The van der Waals surface area contributed by atoms with Gasteiger partial charge in [-0.1, -0.05) is 19.8 Å². The van der Waals surface area contributed by atoms with Gasteiger partial charge >= 0.3 is 5.97 Å². The van der Waals surface area contributed by atoms with Crippen molar-refractivity contribution < 1.29 is 19.0 Å². The molecule has 4 heteroatoms. The van der Waals surface area contributed by atoms with E-state index in [1.807, 2.05) is 13.8 Å². The third kappa shape index (κ3) is 4.94. The maximum Gasteiger partial charge on any atom is 0.305 e. The van der Waals surface area contributed by atoms with Crippen LogP contribution in [0.1, 0.15) is 46.5 Å². The molecule has 0 amide bonds. The molecule has 16 heavy (non-hydrogen) atoms. The zero-order valence-electron chi connectivity index (χ0n) is 10.5. The number of hydrogen-bond donors (Lipinski definition) is 0. The molecule has 1 fully saturated rings. The van der Waals surface area contributed by atoms with E-state index in [1.54, 1.807) is 0 Å². The topological polar surface area (TPSA) is 44.8 Å². The normalized spacial score (nSPS) is 23.3. The van der Waals surface area contributed by atoms with Gasteiger partial charge in [0, 0.05) is 6.42 Å². The Balaban J connectivity index is 2.08. The van der Waals surface area contributed by atoms with Crippen LogP contribution in [0.5, 0.6) is 0 Å². The van der Waals surface area contributed by atoms with Crippen molar-refractivity contribution >= 4 is 5.97 Å². The molecule has 94 valence electrons. The third-order valence-electron chi connectivity index (χ3n) is 2.48. The molecule has 0 bridgehead atoms. The predicted molar refractivity (Wildman–Crippen MR) is 60.0 cm³/mol. The standard InChI is InChI=1S/C12H22O4/c1-4-5-6-7-11(13)14-8-10-9-15-12(2,3)16-10/h10H,4-9H2,1-3H3. The largest absolute Gasteiger partial charge is 0.463 e. The van der Waals surface area contributed by atoms with Gasteiger partial charge in [0.15, 0.2) is 5.79 Å². The highest BCUT2D eigenvalue weighted by Gasteiger charge is 2.33. The van der Waals surface area contributed by atoms with Crippen LogP contribution in [0.2, 0.25) is 0 Å². The number of carbonyl (C=O) groups is 1. The summed E-state index contributed by atoms with van der Waals surface area (Å²) in [6.45, 7) is 6.62. The fourth-order valence-electron chi connectivity index (χ4n) is 1.62. The Morgan fingerprint density at radius 3 is 2.75 bits per heavy atom. The van der Waals surface area contributed by atoms with Crippen molar-refractivity contribution in [2.24, 2.45) is 0 Å². The van der Waals surface area contributed by atoms with Crippen LogP contribution < -0.4 is 0 Å². The number of hydrogen-bond acceptors (Lipinski definition) is 4. The van der Waals surface area contributed by atoms with E-state index in [1.165, 1.54) is 0 Å². The van der Waals surface area contributed by atoms with Crippen molar-refractivity contribution in [3.8, 4) is 0 Å². The first kappa shape index (κ1) is 13.5. The minimum Gasteiger partial charge on any atom is -0.463 e. The van der Waals surface area contributed by atoms with Crippen molar-refractivity contribution in [2.75, 3.05) is 13.2 Å². The Bertz CT molecular complexity index is 225. The second-order valence-corrected chi connectivity index (χ2v) is 4.59. The number of rotatable bonds is 6. The molecule has 0 N–H and O–H groups in total. The summed E-state index contributed by atoms with van der Waals surface area (Å²) >= 11 is 0. The predicted octanol–water partition coefficient (Wildman–Crippen LogP) is 2.26. The molecule has 1 atom stereocenters. The zero-order valence-corrected chi connectivity index (χ0v) is 10.5. The van der Waals surface area contributed by atoms with E-state index in [9.17, 15) is 4.79 Å². The van der Waals surface area contributed by atoms with Crippen LogP contribution in [-0.4, -0.2) is 31.1 Å². The van der Waals surface area contributed by atoms with Gasteiger partial charge in [-0.2, -0.15) is 0 Å². The van der Waals surface area contributed by atoms with E-state index >= 15 is 0 Å². The maximum absolute atomic E-state index is 11.3. The SMILES string of the molecule is CCCCCC(=O)OCC1COC(C)(C)O1. The van der Waals surface area contributed by atoms with Gasteiger partial charge in [-0.15, -0.1) is 0 Å². The lowest BCUT2D eigenvalue weighted by Crippen LogP contribution is -2.25. The molecule has 1 rings (SSSR count). The van der Waals surface area contributed by atoms with E-state index in [0.29, 0.717) is 19.6 Å². The Hall–Kier alpha value is -0.610. The molecular formula is C12H22O4. The van der Waals surface area contributed by atoms with E-state index in [0.717, 1.165) is 19.3 Å². The number of unbranched alkanes of at least 4 members (excludes halogenated alkanes) is 2. The van der Waals surface area contributed by atoms with E-state index in [4.69, 9.17) is 14.2 Å². The maximum atomic E-state index is 11.3. The van der Waals surface area contributed by atoms with Gasteiger partial charge in [-0.25, -0.2) is 0 Å². The molecule has 1 saturated heterocycles. The van der Waals surface area contributed by atoms with Crippen molar-refractivity contribution in [3.05, 3.63) is 0 Å². The van der Waals surface area contributed by atoms with Crippen LogP contribution in [-0.2, 0) is 19.0 Å². The van der Waals surface area contributed by atoms with Crippen molar-refractivity contribution in [2.45, 2.75) is 58.3 Å². The lowest BCUT2D eigenvalue weighted by atomic mass is 10.2. The first-order chi connectivity index (χ1) is 7.53. The van der Waals surface area contributed by atoms with E-state index in [-0.39, 0.29) is 12.1 Å². The van der Waals surface area contributed by atoms with E-state index in [2.05, 4.69) is 6.92 Å². The minimum absolute atomic E-state index is 0.120. The first-order valence-corrected chi connectivity index (χ1v) is 6.01. The fraction of sp³-hybridized carbons (Fsp3) is 0.917. The molecular weight excluding hydrogens is 208 g/mol. The summed E-state index contributed by atoms with van der Waals surface area (Å²) in [5.74, 6) is -0.680. The van der Waals surface area contributed by atoms with Gasteiger partial charge in [0.2, 0.25) is 0 Å². The Morgan fingerprint density at radius 1 is 1.44 bits per heavy atom. The van der Waals surface area contributed by atoms with Gasteiger partial charge in [0.25, 0.3) is 0 Å². The van der Waals surface area contributed by atoms with Crippen LogP contribution >= 0.6 is 0 Å². The Labute approximate surface area is 97.2 Å². The number of ether oxygens (including phenoxy) is 3. The van der Waals surface area contributed by atoms with Crippen LogP contribution in [0.15, 0.2) is 0 Å². The van der Waals surface area contributed by atoms with Crippen LogP contribution in [0.3, 0.4) is 0 Å². The van der Waals surface area contributed by atoms with E-state index < -0.39 is 5.79 Å². The van der Waals surface area contributed by atoms with Crippen molar-refractivity contribution in [3.63, 3.8) is 0 Å². The lowest BCUT2D eigenvalue weighted by Gasteiger charge is -2.16. The average Bonchev–Trinajstić information content (AvgIpc) is 2.56.